The van der Waals surface area contributed by atoms with Gasteiger partial charge in [-0.1, -0.05) is 12.1 Å². The van der Waals surface area contributed by atoms with Crippen molar-refractivity contribution in [3.63, 3.8) is 0 Å². The Labute approximate surface area is 119 Å². The molecule has 104 valence electrons. The minimum Gasteiger partial charge on any atom is -0.493 e. The van der Waals surface area contributed by atoms with E-state index < -0.39 is 0 Å². The molecule has 4 heteroatoms. The summed E-state index contributed by atoms with van der Waals surface area (Å²) in [6.07, 6.45) is 2.64. The Kier molecular flexibility index (Phi) is 3.30. The Morgan fingerprint density at radius 2 is 2.10 bits per heavy atom. The van der Waals surface area contributed by atoms with Gasteiger partial charge in [-0.3, -0.25) is 0 Å². The van der Waals surface area contributed by atoms with Crippen LogP contribution in [0.5, 0.6) is 5.75 Å². The highest BCUT2D eigenvalue weighted by atomic mass is 16.5. The van der Waals surface area contributed by atoms with Gasteiger partial charge in [-0.2, -0.15) is 0 Å². The number of aromatic nitrogens is 2. The van der Waals surface area contributed by atoms with E-state index >= 15 is 0 Å². The third-order valence-electron chi connectivity index (χ3n) is 3.84. The maximum Gasteiger partial charge on any atom is 0.135 e. The molecule has 0 amide bonds. The van der Waals surface area contributed by atoms with E-state index in [1.165, 1.54) is 11.1 Å². The second-order valence-electron chi connectivity index (χ2n) is 5.30. The molecule has 1 aliphatic rings. The van der Waals surface area contributed by atoms with Gasteiger partial charge in [0.2, 0.25) is 0 Å². The quantitative estimate of drug-likeness (QED) is 0.858. The number of rotatable bonds is 3. The van der Waals surface area contributed by atoms with Gasteiger partial charge in [0.1, 0.15) is 17.9 Å². The Morgan fingerprint density at radius 3 is 2.95 bits per heavy atom. The molecule has 0 aliphatic carbocycles. The summed E-state index contributed by atoms with van der Waals surface area (Å²) in [5, 5.41) is 0. The molecule has 1 aromatic heterocycles. The summed E-state index contributed by atoms with van der Waals surface area (Å²) in [4.78, 5) is 10.8. The standard InChI is InChI=1S/C16H19N3O/c1-11-12(2)17-10-18-16(11)19(3)9-13-4-5-15-14(8-13)6-7-20-15/h4-5,8,10H,6-7,9H2,1-3H3. The van der Waals surface area contributed by atoms with Crippen molar-refractivity contribution in [1.29, 1.82) is 0 Å². The number of nitrogens with zero attached hydrogens (tertiary/aromatic N) is 3. The highest BCUT2D eigenvalue weighted by Crippen LogP contribution is 2.27. The van der Waals surface area contributed by atoms with Gasteiger partial charge in [0.15, 0.2) is 0 Å². The molecule has 0 fully saturated rings. The SMILES string of the molecule is Cc1ncnc(N(C)Cc2ccc3c(c2)CCO3)c1C. The van der Waals surface area contributed by atoms with Gasteiger partial charge in [-0.05, 0) is 31.0 Å². The lowest BCUT2D eigenvalue weighted by Crippen LogP contribution is -2.19. The average molecular weight is 269 g/mol. The normalized spacial score (nSPS) is 12.9. The van der Waals surface area contributed by atoms with Gasteiger partial charge < -0.3 is 9.64 Å². The number of anilines is 1. The van der Waals surface area contributed by atoms with Gasteiger partial charge >= 0.3 is 0 Å². The van der Waals surface area contributed by atoms with Crippen LogP contribution in [0, 0.1) is 13.8 Å². The van der Waals surface area contributed by atoms with E-state index in [1.807, 2.05) is 6.92 Å². The summed E-state index contributed by atoms with van der Waals surface area (Å²) in [7, 11) is 2.07. The molecule has 0 radical (unpaired) electrons. The van der Waals surface area contributed by atoms with Crippen molar-refractivity contribution in [2.75, 3.05) is 18.6 Å². The second kappa shape index (κ2) is 5.12. The summed E-state index contributed by atoms with van der Waals surface area (Å²) in [5.74, 6) is 2.03. The maximum absolute atomic E-state index is 5.54. The lowest BCUT2D eigenvalue weighted by molar-refractivity contribution is 0.357. The summed E-state index contributed by atoms with van der Waals surface area (Å²) >= 11 is 0. The molecule has 0 saturated carbocycles. The van der Waals surface area contributed by atoms with Gasteiger partial charge in [-0.15, -0.1) is 0 Å². The number of benzene rings is 1. The van der Waals surface area contributed by atoms with E-state index in [9.17, 15) is 0 Å². The van der Waals surface area contributed by atoms with Crippen LogP contribution in [0.2, 0.25) is 0 Å². The first-order valence-electron chi connectivity index (χ1n) is 6.89. The van der Waals surface area contributed by atoms with Crippen molar-refractivity contribution in [3.05, 3.63) is 46.9 Å². The molecular weight excluding hydrogens is 250 g/mol. The van der Waals surface area contributed by atoms with Crippen LogP contribution in [0.1, 0.15) is 22.4 Å². The highest BCUT2D eigenvalue weighted by molar-refractivity contribution is 5.48. The van der Waals surface area contributed by atoms with Crippen LogP contribution in [0.15, 0.2) is 24.5 Å². The number of hydrogen-bond donors (Lipinski definition) is 0. The molecule has 0 saturated heterocycles. The minimum absolute atomic E-state index is 0.804. The summed E-state index contributed by atoms with van der Waals surface area (Å²) in [6, 6.07) is 6.44. The molecular formula is C16H19N3O. The van der Waals surface area contributed by atoms with Gasteiger partial charge in [0.05, 0.1) is 6.61 Å². The fourth-order valence-corrected chi connectivity index (χ4v) is 2.60. The van der Waals surface area contributed by atoms with E-state index in [0.717, 1.165) is 42.4 Å². The molecule has 0 unspecified atom stereocenters. The van der Waals surface area contributed by atoms with Crippen LogP contribution in [-0.2, 0) is 13.0 Å². The van der Waals surface area contributed by atoms with Crippen molar-refractivity contribution >= 4 is 5.82 Å². The van der Waals surface area contributed by atoms with Crippen LogP contribution in [0.3, 0.4) is 0 Å². The first-order chi connectivity index (χ1) is 9.65. The van der Waals surface area contributed by atoms with Crippen LogP contribution in [0.25, 0.3) is 0 Å². The molecule has 4 nitrogen and oxygen atoms in total. The lowest BCUT2D eigenvalue weighted by Gasteiger charge is -2.21. The fourth-order valence-electron chi connectivity index (χ4n) is 2.60. The average Bonchev–Trinajstić information content (AvgIpc) is 2.89. The number of hydrogen-bond acceptors (Lipinski definition) is 4. The van der Waals surface area contributed by atoms with Crippen LogP contribution < -0.4 is 9.64 Å². The smallest absolute Gasteiger partial charge is 0.135 e. The zero-order valence-electron chi connectivity index (χ0n) is 12.2. The minimum atomic E-state index is 0.804. The Morgan fingerprint density at radius 1 is 1.25 bits per heavy atom. The van der Waals surface area contributed by atoms with Crippen molar-refractivity contribution < 1.29 is 4.74 Å². The van der Waals surface area contributed by atoms with Gasteiger partial charge in [-0.25, -0.2) is 9.97 Å². The molecule has 1 aromatic carbocycles. The Balaban J connectivity index is 1.82. The topological polar surface area (TPSA) is 38.2 Å². The predicted molar refractivity (Wildman–Crippen MR) is 79.3 cm³/mol. The zero-order valence-corrected chi connectivity index (χ0v) is 12.2. The number of ether oxygens (including phenoxy) is 1. The molecule has 0 N–H and O–H groups in total. The maximum atomic E-state index is 5.54. The first kappa shape index (κ1) is 12.9. The fraction of sp³-hybridized carbons (Fsp3) is 0.375. The van der Waals surface area contributed by atoms with Crippen molar-refractivity contribution in [2.45, 2.75) is 26.8 Å². The van der Waals surface area contributed by atoms with Crippen molar-refractivity contribution in [3.8, 4) is 5.75 Å². The first-order valence-corrected chi connectivity index (χ1v) is 6.89. The Hall–Kier alpha value is -2.10. The third-order valence-corrected chi connectivity index (χ3v) is 3.84. The van der Waals surface area contributed by atoms with E-state index in [4.69, 9.17) is 4.74 Å². The van der Waals surface area contributed by atoms with Crippen LogP contribution >= 0.6 is 0 Å². The highest BCUT2D eigenvalue weighted by Gasteiger charge is 2.14. The van der Waals surface area contributed by atoms with Gasteiger partial charge in [0.25, 0.3) is 0 Å². The Bertz CT molecular complexity index is 640. The molecule has 0 atom stereocenters. The van der Waals surface area contributed by atoms with Gasteiger partial charge in [0, 0.05) is 31.3 Å². The third kappa shape index (κ3) is 2.33. The lowest BCUT2D eigenvalue weighted by atomic mass is 10.1. The van der Waals surface area contributed by atoms with E-state index in [1.54, 1.807) is 6.33 Å². The largest absolute Gasteiger partial charge is 0.493 e. The molecule has 2 heterocycles. The molecule has 2 aromatic rings. The molecule has 1 aliphatic heterocycles. The van der Waals surface area contributed by atoms with Crippen molar-refractivity contribution in [1.82, 2.24) is 9.97 Å². The molecule has 3 rings (SSSR count). The second-order valence-corrected chi connectivity index (χ2v) is 5.30. The van der Waals surface area contributed by atoms with Crippen molar-refractivity contribution in [2.24, 2.45) is 0 Å². The van der Waals surface area contributed by atoms with E-state index in [2.05, 4.69) is 47.0 Å². The van der Waals surface area contributed by atoms with E-state index in [-0.39, 0.29) is 0 Å². The van der Waals surface area contributed by atoms with Crippen LogP contribution in [-0.4, -0.2) is 23.6 Å². The van der Waals surface area contributed by atoms with E-state index in [0.29, 0.717) is 0 Å². The molecule has 20 heavy (non-hydrogen) atoms. The number of fused-ring (bicyclic) bond motifs is 1. The molecule has 0 spiro atoms. The summed E-state index contributed by atoms with van der Waals surface area (Å²) in [5.41, 5.74) is 4.77. The zero-order chi connectivity index (χ0) is 14.1. The summed E-state index contributed by atoms with van der Waals surface area (Å²) in [6.45, 7) is 5.72. The number of aryl methyl sites for hydroxylation is 1. The summed E-state index contributed by atoms with van der Waals surface area (Å²) < 4.78 is 5.54. The molecule has 0 bridgehead atoms. The predicted octanol–water partition coefficient (Wildman–Crippen LogP) is 2.66. The van der Waals surface area contributed by atoms with Crippen LogP contribution in [0.4, 0.5) is 5.82 Å². The monoisotopic (exact) mass is 269 g/mol.